The first kappa shape index (κ1) is 33.5. The third kappa shape index (κ3) is 5.22. The van der Waals surface area contributed by atoms with Gasteiger partial charge < -0.3 is 24.4 Å². The number of benzene rings is 6. The summed E-state index contributed by atoms with van der Waals surface area (Å²) in [5, 5.41) is 19.1. The Morgan fingerprint density at radius 3 is 1.39 bits per heavy atom. The minimum absolute atomic E-state index is 0.0106. The predicted molar refractivity (Wildman–Crippen MR) is 190 cm³/mol. The zero-order chi connectivity index (χ0) is 37.7. The van der Waals surface area contributed by atoms with E-state index in [2.05, 4.69) is 0 Å². The van der Waals surface area contributed by atoms with Crippen LogP contribution in [0.3, 0.4) is 0 Å². The topological polar surface area (TPSA) is 171 Å². The highest BCUT2D eigenvalue weighted by atomic mass is 16.6. The molecule has 262 valence electrons. The first-order chi connectivity index (χ1) is 26.1. The molecule has 2 N–H and O–H groups in total. The molecule has 11 heteroatoms. The first-order valence-electron chi connectivity index (χ1n) is 16.4. The monoisotopic (exact) mass is 716 g/mol. The van der Waals surface area contributed by atoms with Crippen LogP contribution in [-0.2, 0) is 14.9 Å². The number of carbonyl (C=O) groups excluding carboxylic acids is 4. The van der Waals surface area contributed by atoms with Crippen molar-refractivity contribution in [1.29, 1.82) is 0 Å². The second kappa shape index (κ2) is 12.8. The van der Waals surface area contributed by atoms with Crippen molar-refractivity contribution in [2.24, 2.45) is 0 Å². The van der Waals surface area contributed by atoms with E-state index in [0.29, 0.717) is 16.9 Å². The van der Waals surface area contributed by atoms with Crippen LogP contribution >= 0.6 is 0 Å². The Balaban J connectivity index is 1.22. The summed E-state index contributed by atoms with van der Waals surface area (Å²) < 4.78 is 16.7. The van der Waals surface area contributed by atoms with Gasteiger partial charge in [-0.05, 0) is 76.9 Å². The summed E-state index contributed by atoms with van der Waals surface area (Å²) in [6.07, 6.45) is 0. The molecule has 0 radical (unpaired) electrons. The predicted octanol–water partition coefficient (Wildman–Crippen LogP) is 7.55. The average molecular weight is 717 g/mol. The number of aromatic carboxylic acids is 2. The van der Waals surface area contributed by atoms with Crippen molar-refractivity contribution >= 4 is 35.8 Å². The Hall–Kier alpha value is -7.66. The average Bonchev–Trinajstić information content (AvgIpc) is 3.48. The van der Waals surface area contributed by atoms with Gasteiger partial charge in [-0.25, -0.2) is 28.8 Å². The molecule has 11 nitrogen and oxygen atoms in total. The van der Waals surface area contributed by atoms with Crippen LogP contribution in [0.4, 0.5) is 0 Å². The second-order valence-corrected chi connectivity index (χ2v) is 12.4. The number of rotatable bonds is 6. The van der Waals surface area contributed by atoms with Crippen LogP contribution in [0, 0.1) is 0 Å². The van der Waals surface area contributed by atoms with E-state index in [4.69, 9.17) is 14.2 Å². The standard InChI is InChI=1S/C43H24O11/c44-37(45)27-11-1-3-13-29(27)41(50)53-39(48)23-18-20-35-34(21-23)43(31-15-7-5-9-25(31)26-10-6-8-16-32(26)43)33-19-17-24(22-36(33)52-35)40(49)54-42(51)30-14-4-2-12-28(30)38(46)47/h1-22H,(H,44,45)(H,46,47). The Morgan fingerprint density at radius 2 is 0.870 bits per heavy atom. The molecule has 8 rings (SSSR count). The van der Waals surface area contributed by atoms with E-state index >= 15 is 0 Å². The van der Waals surface area contributed by atoms with Gasteiger partial charge in [0.1, 0.15) is 11.5 Å². The number of carboxylic acids is 2. The van der Waals surface area contributed by atoms with Crippen LogP contribution in [0.2, 0.25) is 0 Å². The number of ether oxygens (including phenoxy) is 3. The van der Waals surface area contributed by atoms with Crippen LogP contribution in [-0.4, -0.2) is 46.0 Å². The number of esters is 4. The lowest BCUT2D eigenvalue weighted by Crippen LogP contribution is -2.32. The molecule has 1 aliphatic carbocycles. The van der Waals surface area contributed by atoms with Gasteiger partial charge in [0.25, 0.3) is 0 Å². The molecular weight excluding hydrogens is 692 g/mol. The number of hydrogen-bond acceptors (Lipinski definition) is 9. The van der Waals surface area contributed by atoms with E-state index in [9.17, 15) is 39.0 Å². The Kier molecular flexibility index (Phi) is 7.96. The van der Waals surface area contributed by atoms with E-state index in [0.717, 1.165) is 22.3 Å². The van der Waals surface area contributed by atoms with E-state index in [1.807, 2.05) is 48.5 Å². The van der Waals surface area contributed by atoms with Crippen molar-refractivity contribution in [3.8, 4) is 22.6 Å². The van der Waals surface area contributed by atoms with E-state index < -0.39 is 41.2 Å². The highest BCUT2D eigenvalue weighted by Crippen LogP contribution is 2.62. The zero-order valence-corrected chi connectivity index (χ0v) is 27.8. The largest absolute Gasteiger partial charge is 0.478 e. The summed E-state index contributed by atoms with van der Waals surface area (Å²) in [5.74, 6) is -6.48. The van der Waals surface area contributed by atoms with Crippen molar-refractivity contribution in [3.63, 3.8) is 0 Å². The molecule has 0 unspecified atom stereocenters. The zero-order valence-electron chi connectivity index (χ0n) is 27.8. The number of carbonyl (C=O) groups is 6. The summed E-state index contributed by atoms with van der Waals surface area (Å²) in [7, 11) is 0. The molecule has 0 fully saturated rings. The number of fused-ring (bicyclic) bond motifs is 9. The summed E-state index contributed by atoms with van der Waals surface area (Å²) in [6.45, 7) is 0. The molecule has 1 heterocycles. The maximum Gasteiger partial charge on any atom is 0.346 e. The van der Waals surface area contributed by atoms with Gasteiger partial charge in [-0.2, -0.15) is 0 Å². The third-order valence-corrected chi connectivity index (χ3v) is 9.54. The molecule has 0 aromatic heterocycles. The Bertz CT molecular complexity index is 2590. The van der Waals surface area contributed by atoms with Gasteiger partial charge in [-0.1, -0.05) is 78.9 Å². The van der Waals surface area contributed by atoms with Crippen molar-refractivity contribution in [2.45, 2.75) is 5.41 Å². The minimum atomic E-state index is -1.36. The molecule has 1 aliphatic heterocycles. The quantitative estimate of drug-likeness (QED) is 0.129. The van der Waals surface area contributed by atoms with Crippen LogP contribution in [0.25, 0.3) is 11.1 Å². The van der Waals surface area contributed by atoms with Gasteiger partial charge in [0.05, 0.1) is 38.8 Å². The summed E-state index contributed by atoms with van der Waals surface area (Å²) in [4.78, 5) is 76.3. The fraction of sp³-hybridized carbons (Fsp3) is 0.0233. The molecule has 0 bridgehead atoms. The molecule has 0 atom stereocenters. The summed E-state index contributed by atoms with van der Waals surface area (Å²) in [5.41, 5.74) is 2.21. The molecular formula is C43H24O11. The molecule has 6 aromatic carbocycles. The molecule has 0 saturated carbocycles. The molecule has 2 aliphatic rings. The van der Waals surface area contributed by atoms with Gasteiger partial charge in [-0.3, -0.25) is 0 Å². The van der Waals surface area contributed by atoms with Crippen molar-refractivity contribution in [1.82, 2.24) is 0 Å². The molecule has 1 spiro atoms. The Labute approximate surface area is 305 Å². The molecule has 0 saturated heterocycles. The van der Waals surface area contributed by atoms with Crippen LogP contribution in [0.15, 0.2) is 133 Å². The van der Waals surface area contributed by atoms with Gasteiger partial charge >= 0.3 is 35.8 Å². The third-order valence-electron chi connectivity index (χ3n) is 9.54. The van der Waals surface area contributed by atoms with Crippen LogP contribution < -0.4 is 4.74 Å². The minimum Gasteiger partial charge on any atom is -0.478 e. The lowest BCUT2D eigenvalue weighted by Gasteiger charge is -2.39. The Morgan fingerprint density at radius 1 is 0.426 bits per heavy atom. The van der Waals surface area contributed by atoms with E-state index in [-0.39, 0.29) is 39.1 Å². The molecule has 0 amide bonds. The highest BCUT2D eigenvalue weighted by Gasteiger charge is 2.51. The second-order valence-electron chi connectivity index (χ2n) is 12.4. The van der Waals surface area contributed by atoms with Crippen molar-refractivity contribution < 1.29 is 53.2 Å². The van der Waals surface area contributed by atoms with Crippen molar-refractivity contribution in [3.05, 3.63) is 189 Å². The molecule has 6 aromatic rings. The molecule has 54 heavy (non-hydrogen) atoms. The summed E-state index contributed by atoms with van der Waals surface area (Å²) >= 11 is 0. The number of carboxylic acid groups (broad SMARTS) is 2. The highest BCUT2D eigenvalue weighted by molar-refractivity contribution is 6.09. The first-order valence-corrected chi connectivity index (χ1v) is 16.4. The van der Waals surface area contributed by atoms with Gasteiger partial charge in [-0.15, -0.1) is 0 Å². The fourth-order valence-electron chi connectivity index (χ4n) is 7.25. The van der Waals surface area contributed by atoms with E-state index in [1.54, 1.807) is 12.1 Å². The summed E-state index contributed by atoms with van der Waals surface area (Å²) in [6, 6.07) is 35.3. The van der Waals surface area contributed by atoms with Gasteiger partial charge in [0.2, 0.25) is 0 Å². The van der Waals surface area contributed by atoms with Crippen molar-refractivity contribution in [2.75, 3.05) is 0 Å². The van der Waals surface area contributed by atoms with Gasteiger partial charge in [0, 0.05) is 11.1 Å². The lowest BCUT2D eigenvalue weighted by molar-refractivity contribution is 0.0377. The normalized spacial score (nSPS) is 12.6. The smallest absolute Gasteiger partial charge is 0.346 e. The van der Waals surface area contributed by atoms with Crippen LogP contribution in [0.1, 0.15) is 84.4 Å². The number of hydrogen-bond donors (Lipinski definition) is 2. The maximum atomic E-state index is 13.6. The van der Waals surface area contributed by atoms with E-state index in [1.165, 1.54) is 72.8 Å². The maximum absolute atomic E-state index is 13.6. The fourth-order valence-corrected chi connectivity index (χ4v) is 7.25. The van der Waals surface area contributed by atoms with Gasteiger partial charge in [0.15, 0.2) is 0 Å². The van der Waals surface area contributed by atoms with Crippen LogP contribution in [0.5, 0.6) is 11.5 Å². The SMILES string of the molecule is O=C(OC(=O)c1ccccc1C(=O)O)c1ccc2c(c1)Oc1ccc(C(=O)OC(=O)c3ccccc3C(=O)O)cc1C21c2ccccc2-c2ccccc21. The lowest BCUT2D eigenvalue weighted by atomic mass is 9.65.